The fraction of sp³-hybridized carbons (Fsp3) is 0.538. The van der Waals surface area contributed by atoms with Crippen LogP contribution in [-0.4, -0.2) is 101 Å². The maximum absolute atomic E-state index is 13.8. The minimum atomic E-state index is -2.00. The molecule has 2 saturated heterocycles. The summed E-state index contributed by atoms with van der Waals surface area (Å²) in [5, 5.41) is 9.77. The number of anilines is 2. The number of nitrogens with two attached hydrogens (primary N) is 2. The molecule has 2 aromatic rings. The van der Waals surface area contributed by atoms with Crippen molar-refractivity contribution >= 4 is 31.5 Å². The van der Waals surface area contributed by atoms with Crippen LogP contribution in [0.15, 0.2) is 48.6 Å². The van der Waals surface area contributed by atoms with Crippen molar-refractivity contribution in [3.8, 4) is 23.0 Å². The van der Waals surface area contributed by atoms with Crippen LogP contribution in [0.1, 0.15) is 73.6 Å². The molecule has 0 unspecified atom stereocenters. The van der Waals surface area contributed by atoms with E-state index in [0.29, 0.717) is 85.6 Å². The number of rotatable bonds is 16. The topological polar surface area (TPSA) is 159 Å². The van der Waals surface area contributed by atoms with E-state index in [2.05, 4.69) is 47.0 Å². The molecule has 2 heterocycles. The zero-order valence-electron chi connectivity index (χ0n) is 32.0. The van der Waals surface area contributed by atoms with Gasteiger partial charge in [-0.05, 0) is 62.4 Å². The molecular formula is C39H58N4O8Si. The minimum absolute atomic E-state index is 0.0653. The van der Waals surface area contributed by atoms with Crippen molar-refractivity contribution in [2.75, 3.05) is 65.2 Å². The van der Waals surface area contributed by atoms with E-state index in [1.165, 1.54) is 14.2 Å². The molecule has 286 valence electrons. The Balaban J connectivity index is 1.28. The number of hydrogen-bond donors (Lipinski definition) is 3. The third kappa shape index (κ3) is 9.42. The van der Waals surface area contributed by atoms with E-state index in [-0.39, 0.29) is 41.2 Å². The van der Waals surface area contributed by atoms with Crippen LogP contribution in [0.25, 0.3) is 0 Å². The molecule has 0 spiro atoms. The second kappa shape index (κ2) is 17.1. The lowest BCUT2D eigenvalue weighted by atomic mass is 10.1. The molecule has 0 saturated carbocycles. The largest absolute Gasteiger partial charge is 0.493 e. The van der Waals surface area contributed by atoms with Crippen LogP contribution in [0.3, 0.4) is 0 Å². The number of carbonyl (C=O) groups excluding carboxylic acids is 2. The number of nitrogen functional groups attached to an aromatic ring is 2. The van der Waals surface area contributed by atoms with Crippen molar-refractivity contribution in [3.63, 3.8) is 0 Å². The van der Waals surface area contributed by atoms with Gasteiger partial charge in [-0.2, -0.15) is 0 Å². The lowest BCUT2D eigenvalue weighted by Crippen LogP contribution is -2.46. The Labute approximate surface area is 309 Å². The molecule has 52 heavy (non-hydrogen) atoms. The maximum atomic E-state index is 13.8. The number of ether oxygens (including phenoxy) is 4. The van der Waals surface area contributed by atoms with Crippen LogP contribution in [0.5, 0.6) is 23.0 Å². The Morgan fingerprint density at radius 1 is 0.788 bits per heavy atom. The predicted molar refractivity (Wildman–Crippen MR) is 207 cm³/mol. The molecule has 12 nitrogen and oxygen atoms in total. The molecule has 2 amide bonds. The van der Waals surface area contributed by atoms with Gasteiger partial charge in [-0.3, -0.25) is 9.59 Å². The molecular weight excluding hydrogens is 681 g/mol. The standard InChI is InChI=1S/C39H58N4O8Si/c1-25-15-27(23-44)42(21-25)37(45)29-17-33(47-6)35(19-31(29)40)49-13-11-10-12-14-50-36-20-32(41)30(18-34(36)48-7)38(46)43-22-26(2)16-28(43)24-51-52(8,9)39(3,4)5/h17-20,27-28,44H,1-2,10-16,21-24,40-41H2,3-9H3/t27-,28-/m0/s1. The van der Waals surface area contributed by atoms with Crippen LogP contribution < -0.4 is 30.4 Å². The van der Waals surface area contributed by atoms with Crippen LogP contribution in [0.2, 0.25) is 18.1 Å². The van der Waals surface area contributed by atoms with Crippen molar-refractivity contribution < 1.29 is 38.1 Å². The Morgan fingerprint density at radius 2 is 1.23 bits per heavy atom. The summed E-state index contributed by atoms with van der Waals surface area (Å²) in [4.78, 5) is 30.4. The number of hydrogen-bond acceptors (Lipinski definition) is 10. The molecule has 2 fully saturated rings. The predicted octanol–water partition coefficient (Wildman–Crippen LogP) is 6.05. The number of aliphatic hydroxyl groups is 1. The first-order chi connectivity index (χ1) is 24.5. The second-order valence-electron chi connectivity index (χ2n) is 15.3. The fourth-order valence-corrected chi connectivity index (χ4v) is 7.23. The molecule has 0 bridgehead atoms. The summed E-state index contributed by atoms with van der Waals surface area (Å²) in [7, 11) is 1.05. The Kier molecular flexibility index (Phi) is 13.3. The second-order valence-corrected chi connectivity index (χ2v) is 20.1. The summed E-state index contributed by atoms with van der Waals surface area (Å²) in [5.74, 6) is 1.28. The van der Waals surface area contributed by atoms with Crippen molar-refractivity contribution in [2.45, 2.75) is 83.1 Å². The monoisotopic (exact) mass is 738 g/mol. The maximum Gasteiger partial charge on any atom is 0.256 e. The number of methoxy groups -OCH3 is 2. The van der Waals surface area contributed by atoms with Gasteiger partial charge in [0.25, 0.3) is 11.8 Å². The van der Waals surface area contributed by atoms with Crippen molar-refractivity contribution in [2.24, 2.45) is 0 Å². The highest BCUT2D eigenvalue weighted by Crippen LogP contribution is 2.39. The molecule has 5 N–H and O–H groups in total. The van der Waals surface area contributed by atoms with E-state index >= 15 is 0 Å². The van der Waals surface area contributed by atoms with E-state index in [4.69, 9.17) is 34.8 Å². The Bertz CT molecular complexity index is 1640. The quantitative estimate of drug-likeness (QED) is 0.0801. The molecule has 2 atom stereocenters. The first-order valence-electron chi connectivity index (χ1n) is 17.9. The van der Waals surface area contributed by atoms with Gasteiger partial charge in [0.1, 0.15) is 0 Å². The van der Waals surface area contributed by atoms with E-state index in [1.807, 2.05) is 0 Å². The Hall–Kier alpha value is -4.20. The van der Waals surface area contributed by atoms with Crippen molar-refractivity contribution in [1.29, 1.82) is 0 Å². The molecule has 0 aliphatic carbocycles. The van der Waals surface area contributed by atoms with E-state index < -0.39 is 8.32 Å². The normalized spacial score (nSPS) is 17.8. The molecule has 4 rings (SSSR count). The number of carbonyl (C=O) groups is 2. The SMILES string of the molecule is C=C1C[C@@H](CO)N(C(=O)c2cc(OC)c(OCCCCCOc3cc(N)c(C(=O)N4CC(=C)C[C@H]4CO[Si](C)(C)C(C)(C)C)cc3OC)cc2N)C1. The average Bonchev–Trinajstić information content (AvgIpc) is 3.67. The van der Waals surface area contributed by atoms with Gasteiger partial charge in [0.05, 0.1) is 63.9 Å². The van der Waals surface area contributed by atoms with E-state index in [9.17, 15) is 14.7 Å². The van der Waals surface area contributed by atoms with Crippen LogP contribution in [0, 0.1) is 0 Å². The zero-order valence-corrected chi connectivity index (χ0v) is 33.0. The van der Waals surface area contributed by atoms with Crippen LogP contribution in [0.4, 0.5) is 11.4 Å². The molecule has 2 aliphatic rings. The first kappa shape index (κ1) is 40.6. The highest BCUT2D eigenvalue weighted by molar-refractivity contribution is 6.74. The number of benzene rings is 2. The third-order valence-corrected chi connectivity index (χ3v) is 14.8. The lowest BCUT2D eigenvalue weighted by Gasteiger charge is -2.38. The zero-order chi connectivity index (χ0) is 38.4. The van der Waals surface area contributed by atoms with Gasteiger partial charge in [0.2, 0.25) is 0 Å². The van der Waals surface area contributed by atoms with Crippen LogP contribution >= 0.6 is 0 Å². The fourth-order valence-electron chi connectivity index (χ4n) is 6.19. The van der Waals surface area contributed by atoms with Gasteiger partial charge in [-0.1, -0.05) is 45.1 Å². The van der Waals surface area contributed by atoms with Gasteiger partial charge in [0.15, 0.2) is 31.3 Å². The van der Waals surface area contributed by atoms with Crippen molar-refractivity contribution in [3.05, 3.63) is 59.7 Å². The molecule has 13 heteroatoms. The van der Waals surface area contributed by atoms with E-state index in [0.717, 1.165) is 30.4 Å². The van der Waals surface area contributed by atoms with Gasteiger partial charge in [-0.25, -0.2) is 0 Å². The number of aliphatic hydroxyl groups excluding tert-OH is 1. The number of nitrogens with zero attached hydrogens (tertiary/aromatic N) is 2. The average molecular weight is 739 g/mol. The van der Waals surface area contributed by atoms with E-state index in [1.54, 1.807) is 34.1 Å². The third-order valence-electron chi connectivity index (χ3n) is 10.3. The van der Waals surface area contributed by atoms with Gasteiger partial charge in [-0.15, -0.1) is 0 Å². The summed E-state index contributed by atoms with van der Waals surface area (Å²) in [6.07, 6.45) is 3.53. The molecule has 0 aromatic heterocycles. The van der Waals surface area contributed by atoms with Gasteiger partial charge in [0, 0.05) is 36.6 Å². The van der Waals surface area contributed by atoms with Crippen molar-refractivity contribution in [1.82, 2.24) is 9.80 Å². The molecule has 2 aliphatic heterocycles. The number of unbranched alkanes of at least 4 members (excludes halogenated alkanes) is 2. The summed E-state index contributed by atoms with van der Waals surface area (Å²) in [6.45, 7) is 21.1. The first-order valence-corrected chi connectivity index (χ1v) is 20.8. The van der Waals surface area contributed by atoms with Gasteiger partial charge >= 0.3 is 0 Å². The highest BCUT2D eigenvalue weighted by Gasteiger charge is 2.40. The van der Waals surface area contributed by atoms with Gasteiger partial charge < -0.3 is 49.7 Å². The highest BCUT2D eigenvalue weighted by atomic mass is 28.4. The summed E-state index contributed by atoms with van der Waals surface area (Å²) >= 11 is 0. The lowest BCUT2D eigenvalue weighted by molar-refractivity contribution is 0.0676. The Morgan fingerprint density at radius 3 is 1.65 bits per heavy atom. The molecule has 2 aromatic carbocycles. The smallest absolute Gasteiger partial charge is 0.256 e. The summed E-state index contributed by atoms with van der Waals surface area (Å²) < 4.78 is 29.6. The van der Waals surface area contributed by atoms with Crippen LogP contribution in [-0.2, 0) is 4.43 Å². The number of likely N-dealkylation sites (tertiary alicyclic amines) is 2. The molecule has 0 radical (unpaired) electrons. The summed E-state index contributed by atoms with van der Waals surface area (Å²) in [5.41, 5.74) is 15.8. The minimum Gasteiger partial charge on any atom is -0.493 e. The summed E-state index contributed by atoms with van der Waals surface area (Å²) in [6, 6.07) is 6.05. The number of amides is 2.